The van der Waals surface area contributed by atoms with Crippen LogP contribution in [-0.4, -0.2) is 11.2 Å². The zero-order valence-electron chi connectivity index (χ0n) is 8.89. The summed E-state index contributed by atoms with van der Waals surface area (Å²) in [5.41, 5.74) is 0.919. The van der Waals surface area contributed by atoms with E-state index in [4.69, 9.17) is 0 Å². The molecule has 0 saturated carbocycles. The van der Waals surface area contributed by atoms with Gasteiger partial charge in [0.1, 0.15) is 5.82 Å². The van der Waals surface area contributed by atoms with Gasteiger partial charge >= 0.3 is 6.18 Å². The lowest BCUT2D eigenvalue weighted by atomic mass is 9.86. The molecule has 1 radical (unpaired) electrons. The van der Waals surface area contributed by atoms with Crippen LogP contribution in [0, 0.1) is 17.9 Å². The Balaban J connectivity index is 2.17. The van der Waals surface area contributed by atoms with Crippen LogP contribution < -0.4 is 0 Å². The lowest BCUT2D eigenvalue weighted by Gasteiger charge is -2.24. The van der Waals surface area contributed by atoms with Crippen molar-refractivity contribution >= 4 is 5.57 Å². The highest BCUT2D eigenvalue weighted by atomic mass is 19.4. The number of pyridine rings is 1. The topological polar surface area (TPSA) is 12.9 Å². The second-order valence-corrected chi connectivity index (χ2v) is 4.04. The van der Waals surface area contributed by atoms with Crippen molar-refractivity contribution < 1.29 is 17.6 Å². The molecular formula is C12H10F4N. The Hall–Kier alpha value is -1.39. The standard InChI is InChI=1S/C12H10F4N/c13-11-7-17-6-5-10(11)8-1-3-9(4-2-8)12(14,15)16/h1,5,7,9H,2-4H2. The second-order valence-electron chi connectivity index (χ2n) is 4.04. The molecule has 0 aromatic carbocycles. The Morgan fingerprint density at radius 1 is 1.35 bits per heavy atom. The number of hydrogen-bond acceptors (Lipinski definition) is 1. The van der Waals surface area contributed by atoms with E-state index in [1.165, 1.54) is 12.1 Å². The molecule has 0 saturated heterocycles. The van der Waals surface area contributed by atoms with Gasteiger partial charge in [-0.1, -0.05) is 6.08 Å². The number of alkyl halides is 3. The SMILES string of the molecule is Fc1cn[c]cc1C1=CCC(C(F)(F)F)CC1. The van der Waals surface area contributed by atoms with Crippen molar-refractivity contribution in [1.29, 1.82) is 0 Å². The molecule has 2 rings (SSSR count). The molecule has 1 aliphatic carbocycles. The first-order chi connectivity index (χ1) is 7.98. The molecule has 1 aromatic heterocycles. The van der Waals surface area contributed by atoms with E-state index in [0.717, 1.165) is 6.20 Å². The largest absolute Gasteiger partial charge is 0.392 e. The van der Waals surface area contributed by atoms with Crippen molar-refractivity contribution in [2.24, 2.45) is 5.92 Å². The van der Waals surface area contributed by atoms with Gasteiger partial charge in [-0.05, 0) is 30.9 Å². The number of nitrogens with zero attached hydrogens (tertiary/aromatic N) is 1. The lowest BCUT2D eigenvalue weighted by molar-refractivity contribution is -0.175. The van der Waals surface area contributed by atoms with Crippen LogP contribution in [0.2, 0.25) is 0 Å². The number of halogens is 4. The van der Waals surface area contributed by atoms with Crippen molar-refractivity contribution in [3.05, 3.63) is 35.9 Å². The Morgan fingerprint density at radius 3 is 2.65 bits per heavy atom. The summed E-state index contributed by atoms with van der Waals surface area (Å²) in [5, 5.41) is 0. The van der Waals surface area contributed by atoms with Crippen molar-refractivity contribution in [2.45, 2.75) is 25.4 Å². The smallest absolute Gasteiger partial charge is 0.252 e. The van der Waals surface area contributed by atoms with E-state index >= 15 is 0 Å². The molecule has 1 aromatic rings. The van der Waals surface area contributed by atoms with E-state index in [1.54, 1.807) is 0 Å². The summed E-state index contributed by atoms with van der Waals surface area (Å²) >= 11 is 0. The highest BCUT2D eigenvalue weighted by molar-refractivity contribution is 5.66. The summed E-state index contributed by atoms with van der Waals surface area (Å²) in [6, 6.07) is 1.37. The predicted octanol–water partition coefficient (Wildman–Crippen LogP) is 3.77. The van der Waals surface area contributed by atoms with Crippen LogP contribution in [0.5, 0.6) is 0 Å². The minimum Gasteiger partial charge on any atom is -0.252 e. The molecule has 91 valence electrons. The van der Waals surface area contributed by atoms with Gasteiger partial charge in [-0.15, -0.1) is 0 Å². The van der Waals surface area contributed by atoms with E-state index in [0.29, 0.717) is 11.1 Å². The summed E-state index contributed by atoms with van der Waals surface area (Å²) in [4.78, 5) is 3.49. The molecule has 5 heteroatoms. The predicted molar refractivity (Wildman–Crippen MR) is 54.4 cm³/mol. The first-order valence-corrected chi connectivity index (χ1v) is 5.26. The molecule has 1 aliphatic rings. The minimum atomic E-state index is -4.16. The Kier molecular flexibility index (Phi) is 3.17. The molecule has 1 nitrogen and oxygen atoms in total. The molecule has 1 heterocycles. The van der Waals surface area contributed by atoms with Crippen LogP contribution in [0.3, 0.4) is 0 Å². The van der Waals surface area contributed by atoms with Crippen molar-refractivity contribution in [3.8, 4) is 0 Å². The van der Waals surface area contributed by atoms with Crippen molar-refractivity contribution in [1.82, 2.24) is 4.98 Å². The number of aromatic nitrogens is 1. The van der Waals surface area contributed by atoms with Crippen LogP contribution in [0.4, 0.5) is 17.6 Å². The summed E-state index contributed by atoms with van der Waals surface area (Å²) in [5.74, 6) is -1.82. The highest BCUT2D eigenvalue weighted by Gasteiger charge is 2.39. The molecule has 0 spiro atoms. The quantitative estimate of drug-likeness (QED) is 0.685. The first-order valence-electron chi connectivity index (χ1n) is 5.26. The molecule has 0 amide bonds. The summed E-state index contributed by atoms with van der Waals surface area (Å²) < 4.78 is 50.7. The summed E-state index contributed by atoms with van der Waals surface area (Å²) in [6.45, 7) is 0. The number of rotatable bonds is 1. The van der Waals surface area contributed by atoms with Crippen LogP contribution in [0.25, 0.3) is 5.57 Å². The fourth-order valence-corrected chi connectivity index (χ4v) is 1.96. The van der Waals surface area contributed by atoms with Gasteiger partial charge in [-0.2, -0.15) is 13.2 Å². The molecule has 1 atom stereocenters. The second kappa shape index (κ2) is 4.47. The average Bonchev–Trinajstić information content (AvgIpc) is 2.29. The van der Waals surface area contributed by atoms with Gasteiger partial charge in [0, 0.05) is 5.56 Å². The maximum atomic E-state index is 13.4. The van der Waals surface area contributed by atoms with Gasteiger partial charge in [0.05, 0.1) is 18.3 Å². The van der Waals surface area contributed by atoms with E-state index in [2.05, 4.69) is 11.2 Å². The fraction of sp³-hybridized carbons (Fsp3) is 0.417. The molecular weight excluding hydrogens is 234 g/mol. The fourth-order valence-electron chi connectivity index (χ4n) is 1.96. The molecule has 17 heavy (non-hydrogen) atoms. The molecule has 0 aliphatic heterocycles. The maximum absolute atomic E-state index is 13.4. The van der Waals surface area contributed by atoms with E-state index in [9.17, 15) is 17.6 Å². The molecule has 0 N–H and O–H groups in total. The maximum Gasteiger partial charge on any atom is 0.392 e. The number of allylic oxidation sites excluding steroid dienone is 2. The highest BCUT2D eigenvalue weighted by Crippen LogP contribution is 2.39. The Morgan fingerprint density at radius 2 is 2.12 bits per heavy atom. The summed E-state index contributed by atoms with van der Waals surface area (Å²) in [6.07, 6.45) is 0.975. The van der Waals surface area contributed by atoms with Crippen molar-refractivity contribution in [2.75, 3.05) is 0 Å². The number of hydrogen-bond donors (Lipinski definition) is 0. The van der Waals surface area contributed by atoms with Gasteiger partial charge in [0.15, 0.2) is 0 Å². The van der Waals surface area contributed by atoms with Crippen LogP contribution in [0.1, 0.15) is 24.8 Å². The summed E-state index contributed by atoms with van der Waals surface area (Å²) in [7, 11) is 0. The average molecular weight is 244 g/mol. The minimum absolute atomic E-state index is 0.0110. The van der Waals surface area contributed by atoms with Gasteiger partial charge in [-0.25, -0.2) is 4.39 Å². The Bertz CT molecular complexity index is 436. The molecule has 0 bridgehead atoms. The van der Waals surface area contributed by atoms with E-state index in [1.807, 2.05) is 0 Å². The van der Waals surface area contributed by atoms with Gasteiger partial charge in [-0.3, -0.25) is 4.98 Å². The van der Waals surface area contributed by atoms with E-state index in [-0.39, 0.29) is 19.3 Å². The zero-order valence-corrected chi connectivity index (χ0v) is 8.89. The van der Waals surface area contributed by atoms with Crippen molar-refractivity contribution in [3.63, 3.8) is 0 Å². The van der Waals surface area contributed by atoms with Gasteiger partial charge in [0.2, 0.25) is 0 Å². The van der Waals surface area contributed by atoms with Crippen LogP contribution in [0.15, 0.2) is 18.3 Å². The molecule has 0 fully saturated rings. The van der Waals surface area contributed by atoms with Gasteiger partial charge in [0.25, 0.3) is 0 Å². The third-order valence-corrected chi connectivity index (χ3v) is 2.94. The normalized spacial score (nSPS) is 21.2. The third-order valence-electron chi connectivity index (χ3n) is 2.94. The first kappa shape index (κ1) is 12.1. The van der Waals surface area contributed by atoms with Gasteiger partial charge < -0.3 is 0 Å². The third kappa shape index (κ3) is 2.65. The van der Waals surface area contributed by atoms with E-state index < -0.39 is 17.9 Å². The Labute approximate surface area is 96.2 Å². The molecule has 1 unspecified atom stereocenters. The zero-order chi connectivity index (χ0) is 12.5. The lowest BCUT2D eigenvalue weighted by Crippen LogP contribution is -2.24. The van der Waals surface area contributed by atoms with Crippen LogP contribution in [-0.2, 0) is 0 Å². The van der Waals surface area contributed by atoms with Crippen LogP contribution >= 0.6 is 0 Å². The monoisotopic (exact) mass is 244 g/mol.